The second kappa shape index (κ2) is 6.40. The summed E-state index contributed by atoms with van der Waals surface area (Å²) in [4.78, 5) is 11.5. The summed E-state index contributed by atoms with van der Waals surface area (Å²) in [6, 6.07) is 5.48. The van der Waals surface area contributed by atoms with Gasteiger partial charge in [-0.1, -0.05) is 11.6 Å². The molecule has 0 bridgehead atoms. The van der Waals surface area contributed by atoms with Gasteiger partial charge in [0.2, 0.25) is 0 Å². The van der Waals surface area contributed by atoms with Gasteiger partial charge in [0.05, 0.1) is 12.7 Å². The Morgan fingerprint density at radius 2 is 2.06 bits per heavy atom. The van der Waals surface area contributed by atoms with Gasteiger partial charge in [-0.05, 0) is 39.8 Å². The molecular formula is C14H20O4. The van der Waals surface area contributed by atoms with E-state index in [2.05, 4.69) is 0 Å². The van der Waals surface area contributed by atoms with Crippen LogP contribution in [-0.2, 0) is 9.53 Å². The molecule has 0 saturated carbocycles. The minimum atomic E-state index is -0.690. The molecule has 2 atom stereocenters. The maximum absolute atomic E-state index is 11.5. The molecule has 0 amide bonds. The quantitative estimate of drug-likeness (QED) is 0.817. The minimum Gasteiger partial charge on any atom is -0.479 e. The smallest absolute Gasteiger partial charge is 0.347 e. The first-order valence-electron chi connectivity index (χ1n) is 6.07. The molecule has 100 valence electrons. The van der Waals surface area contributed by atoms with E-state index in [1.807, 2.05) is 19.1 Å². The Hall–Kier alpha value is -1.55. The molecule has 0 saturated heterocycles. The van der Waals surface area contributed by atoms with Crippen molar-refractivity contribution in [2.75, 3.05) is 6.61 Å². The highest BCUT2D eigenvalue weighted by molar-refractivity contribution is 5.74. The molecule has 0 spiro atoms. The Kier molecular flexibility index (Phi) is 5.16. The Morgan fingerprint density at radius 1 is 1.39 bits per heavy atom. The van der Waals surface area contributed by atoms with E-state index in [0.717, 1.165) is 5.56 Å². The molecule has 0 aromatic heterocycles. The molecule has 4 nitrogen and oxygen atoms in total. The van der Waals surface area contributed by atoms with E-state index in [-0.39, 0.29) is 0 Å². The van der Waals surface area contributed by atoms with Crippen LogP contribution in [0.4, 0.5) is 0 Å². The lowest BCUT2D eigenvalue weighted by Gasteiger charge is -2.18. The zero-order chi connectivity index (χ0) is 13.7. The third-order valence-electron chi connectivity index (χ3n) is 2.54. The van der Waals surface area contributed by atoms with Crippen molar-refractivity contribution in [3.63, 3.8) is 0 Å². The molecule has 1 rings (SSSR count). The largest absolute Gasteiger partial charge is 0.479 e. The lowest BCUT2D eigenvalue weighted by molar-refractivity contribution is -0.150. The number of benzene rings is 1. The van der Waals surface area contributed by atoms with Crippen LogP contribution in [0, 0.1) is 6.92 Å². The van der Waals surface area contributed by atoms with Gasteiger partial charge in [0.1, 0.15) is 5.75 Å². The average Bonchev–Trinajstić information content (AvgIpc) is 2.31. The molecule has 1 aromatic carbocycles. The van der Waals surface area contributed by atoms with E-state index in [0.29, 0.717) is 17.9 Å². The number of carbonyl (C=O) groups is 1. The van der Waals surface area contributed by atoms with Crippen LogP contribution in [-0.4, -0.2) is 23.8 Å². The molecule has 4 heteroatoms. The van der Waals surface area contributed by atoms with Gasteiger partial charge in [0, 0.05) is 5.56 Å². The predicted octanol–water partition coefficient (Wildman–Crippen LogP) is 2.38. The highest BCUT2D eigenvalue weighted by Crippen LogP contribution is 2.27. The molecule has 1 unspecified atom stereocenters. The second-order valence-corrected chi connectivity index (χ2v) is 4.23. The van der Waals surface area contributed by atoms with E-state index in [1.165, 1.54) is 0 Å². The van der Waals surface area contributed by atoms with Gasteiger partial charge in [-0.25, -0.2) is 4.79 Å². The molecular weight excluding hydrogens is 232 g/mol. The fourth-order valence-electron chi connectivity index (χ4n) is 1.60. The molecule has 0 radical (unpaired) electrons. The highest BCUT2D eigenvalue weighted by Gasteiger charge is 2.18. The van der Waals surface area contributed by atoms with Crippen molar-refractivity contribution in [1.29, 1.82) is 0 Å². The number of ether oxygens (including phenoxy) is 2. The van der Waals surface area contributed by atoms with Gasteiger partial charge in [-0.15, -0.1) is 0 Å². The molecule has 0 aliphatic carbocycles. The van der Waals surface area contributed by atoms with Crippen LogP contribution < -0.4 is 4.74 Å². The third kappa shape index (κ3) is 3.74. The Balaban J connectivity index is 2.87. The van der Waals surface area contributed by atoms with E-state index in [9.17, 15) is 9.90 Å². The summed E-state index contributed by atoms with van der Waals surface area (Å²) >= 11 is 0. The van der Waals surface area contributed by atoms with Gasteiger partial charge in [-0.2, -0.15) is 0 Å². The summed E-state index contributed by atoms with van der Waals surface area (Å²) in [6.07, 6.45) is -1.33. The number of hydrogen-bond donors (Lipinski definition) is 1. The van der Waals surface area contributed by atoms with Crippen molar-refractivity contribution in [3.8, 4) is 5.75 Å². The molecule has 0 aliphatic rings. The first-order chi connectivity index (χ1) is 8.45. The number of esters is 1. The van der Waals surface area contributed by atoms with E-state index in [1.54, 1.807) is 26.8 Å². The zero-order valence-electron chi connectivity index (χ0n) is 11.3. The minimum absolute atomic E-state index is 0.323. The van der Waals surface area contributed by atoms with Crippen molar-refractivity contribution in [1.82, 2.24) is 0 Å². The maximum Gasteiger partial charge on any atom is 0.347 e. The van der Waals surface area contributed by atoms with Crippen LogP contribution in [0.15, 0.2) is 18.2 Å². The summed E-state index contributed by atoms with van der Waals surface area (Å²) in [5.74, 6) is 0.103. The van der Waals surface area contributed by atoms with Gasteiger partial charge in [0.25, 0.3) is 0 Å². The van der Waals surface area contributed by atoms with Gasteiger partial charge in [0.15, 0.2) is 6.10 Å². The standard InChI is InChI=1S/C14H20O4/c1-5-17-14(16)11(4)18-13-7-6-9(2)8-12(13)10(3)15/h6-8,10-11,15H,5H2,1-4H3/t10-,11?/m1/s1. The SMILES string of the molecule is CCOC(=O)C(C)Oc1ccc(C)cc1[C@@H](C)O. The molecule has 1 N–H and O–H groups in total. The fourth-order valence-corrected chi connectivity index (χ4v) is 1.60. The lowest BCUT2D eigenvalue weighted by Crippen LogP contribution is -2.26. The van der Waals surface area contributed by atoms with Crippen LogP contribution in [0.5, 0.6) is 5.75 Å². The summed E-state index contributed by atoms with van der Waals surface area (Å²) in [5, 5.41) is 9.69. The van der Waals surface area contributed by atoms with Crippen LogP contribution in [0.3, 0.4) is 0 Å². The van der Waals surface area contributed by atoms with Crippen molar-refractivity contribution in [2.45, 2.75) is 39.9 Å². The lowest BCUT2D eigenvalue weighted by atomic mass is 10.1. The first-order valence-corrected chi connectivity index (χ1v) is 6.07. The van der Waals surface area contributed by atoms with Crippen molar-refractivity contribution in [2.24, 2.45) is 0 Å². The normalized spacial score (nSPS) is 13.8. The fraction of sp³-hybridized carbons (Fsp3) is 0.500. The number of carbonyl (C=O) groups excluding carboxylic acids is 1. The Labute approximate surface area is 108 Å². The molecule has 1 aromatic rings. The Bertz CT molecular complexity index is 412. The molecule has 18 heavy (non-hydrogen) atoms. The molecule has 0 fully saturated rings. The van der Waals surface area contributed by atoms with Crippen molar-refractivity contribution >= 4 is 5.97 Å². The molecule has 0 aliphatic heterocycles. The summed E-state index contributed by atoms with van der Waals surface area (Å²) in [5.41, 5.74) is 1.70. The summed E-state index contributed by atoms with van der Waals surface area (Å²) in [7, 11) is 0. The van der Waals surface area contributed by atoms with Crippen LogP contribution >= 0.6 is 0 Å². The number of aliphatic hydroxyl groups is 1. The topological polar surface area (TPSA) is 55.8 Å². The summed E-state index contributed by atoms with van der Waals surface area (Å²) < 4.78 is 10.4. The van der Waals surface area contributed by atoms with E-state index in [4.69, 9.17) is 9.47 Å². The van der Waals surface area contributed by atoms with Gasteiger partial charge >= 0.3 is 5.97 Å². The Morgan fingerprint density at radius 3 is 2.61 bits per heavy atom. The highest BCUT2D eigenvalue weighted by atomic mass is 16.6. The zero-order valence-corrected chi connectivity index (χ0v) is 11.3. The number of aryl methyl sites for hydroxylation is 1. The molecule has 0 heterocycles. The average molecular weight is 252 g/mol. The van der Waals surface area contributed by atoms with Gasteiger partial charge < -0.3 is 14.6 Å². The third-order valence-corrected chi connectivity index (χ3v) is 2.54. The van der Waals surface area contributed by atoms with Crippen LogP contribution in [0.25, 0.3) is 0 Å². The first kappa shape index (κ1) is 14.5. The van der Waals surface area contributed by atoms with Crippen LogP contribution in [0.2, 0.25) is 0 Å². The number of hydrogen-bond acceptors (Lipinski definition) is 4. The number of rotatable bonds is 5. The monoisotopic (exact) mass is 252 g/mol. The van der Waals surface area contributed by atoms with Crippen LogP contribution in [0.1, 0.15) is 38.0 Å². The van der Waals surface area contributed by atoms with E-state index >= 15 is 0 Å². The number of aliphatic hydroxyl groups excluding tert-OH is 1. The van der Waals surface area contributed by atoms with Gasteiger partial charge in [-0.3, -0.25) is 0 Å². The van der Waals surface area contributed by atoms with E-state index < -0.39 is 18.2 Å². The summed E-state index contributed by atoms with van der Waals surface area (Å²) in [6.45, 7) is 7.30. The van der Waals surface area contributed by atoms with Crippen molar-refractivity contribution < 1.29 is 19.4 Å². The predicted molar refractivity (Wildman–Crippen MR) is 68.5 cm³/mol. The second-order valence-electron chi connectivity index (χ2n) is 4.23. The maximum atomic E-state index is 11.5. The van der Waals surface area contributed by atoms with Crippen molar-refractivity contribution in [3.05, 3.63) is 29.3 Å².